The van der Waals surface area contributed by atoms with Crippen LogP contribution in [0.25, 0.3) is 0 Å². The minimum atomic E-state index is -3.10. The van der Waals surface area contributed by atoms with E-state index < -0.39 is 6.80 Å². The molecule has 16 heavy (non-hydrogen) atoms. The van der Waals surface area contributed by atoms with E-state index in [4.69, 9.17) is 9.05 Å². The van der Waals surface area contributed by atoms with Gasteiger partial charge in [0.1, 0.15) is 0 Å². The summed E-state index contributed by atoms with van der Waals surface area (Å²) in [6.45, 7) is 4.31. The van der Waals surface area contributed by atoms with Crippen LogP contribution >= 0.6 is 29.5 Å². The van der Waals surface area contributed by atoms with Gasteiger partial charge >= 0.3 is 6.80 Å². The van der Waals surface area contributed by atoms with E-state index in [0.29, 0.717) is 0 Å². The quantitative estimate of drug-likeness (QED) is 0.701. The first kappa shape index (κ1) is 14.3. The third kappa shape index (κ3) is 5.02. The molecule has 6 heteroatoms. The van der Waals surface area contributed by atoms with Crippen LogP contribution in [0.2, 0.25) is 0 Å². The molecule has 0 aliphatic carbocycles. The van der Waals surface area contributed by atoms with Gasteiger partial charge < -0.3 is 0 Å². The van der Waals surface area contributed by atoms with Crippen LogP contribution in [0.1, 0.15) is 27.7 Å². The Kier molecular flexibility index (Phi) is 5.54. The van der Waals surface area contributed by atoms with E-state index in [1.807, 2.05) is 44.5 Å². The number of thiophene rings is 1. The van der Waals surface area contributed by atoms with Gasteiger partial charge in [-0.05, 0) is 50.5 Å². The molecule has 1 rings (SSSR count). The molecule has 0 amide bonds. The normalized spacial score (nSPS) is 12.6. The zero-order chi connectivity index (χ0) is 12.2. The van der Waals surface area contributed by atoms with Gasteiger partial charge in [0.15, 0.2) is 0 Å². The lowest BCUT2D eigenvalue weighted by molar-refractivity contribution is 0.156. The zero-order valence-corrected chi connectivity index (χ0v) is 12.4. The van der Waals surface area contributed by atoms with Gasteiger partial charge in [-0.1, -0.05) is 0 Å². The minimum absolute atomic E-state index is 0.115. The van der Waals surface area contributed by atoms with Gasteiger partial charge in [0.25, 0.3) is 0 Å². The number of hydrogen-bond acceptors (Lipinski definition) is 5. The van der Waals surface area contributed by atoms with Gasteiger partial charge in [0.05, 0.1) is 12.2 Å². The molecule has 0 fully saturated rings. The Morgan fingerprint density at radius 2 is 1.81 bits per heavy atom. The summed E-state index contributed by atoms with van der Waals surface area (Å²) in [4.78, 5) is 0.926. The molecule has 1 heterocycles. The highest BCUT2D eigenvalue weighted by Crippen LogP contribution is 2.65. The van der Waals surface area contributed by atoms with E-state index >= 15 is 0 Å². The van der Waals surface area contributed by atoms with Crippen LogP contribution in [-0.2, 0) is 13.6 Å². The molecular formula is C10H17O3PS2. The minimum Gasteiger partial charge on any atom is -0.298 e. The molecule has 0 saturated carbocycles. The maximum atomic E-state index is 12.4. The van der Waals surface area contributed by atoms with E-state index in [-0.39, 0.29) is 12.2 Å². The van der Waals surface area contributed by atoms with Crippen molar-refractivity contribution in [2.24, 2.45) is 0 Å². The second-order valence-electron chi connectivity index (χ2n) is 3.81. The highest BCUT2D eigenvalue weighted by Gasteiger charge is 2.29. The molecule has 0 saturated heterocycles. The fourth-order valence-electron chi connectivity index (χ4n) is 1.02. The van der Waals surface area contributed by atoms with Crippen molar-refractivity contribution in [1.82, 2.24) is 0 Å². The molecule has 0 unspecified atom stereocenters. The van der Waals surface area contributed by atoms with Gasteiger partial charge in [-0.2, -0.15) is 11.3 Å². The first-order valence-electron chi connectivity index (χ1n) is 5.10. The van der Waals surface area contributed by atoms with Gasteiger partial charge in [0.2, 0.25) is 0 Å². The van der Waals surface area contributed by atoms with E-state index in [2.05, 4.69) is 0 Å². The average molecular weight is 280 g/mol. The Labute approximate surface area is 105 Å². The summed E-state index contributed by atoms with van der Waals surface area (Å²) in [7, 11) is 0. The first-order valence-corrected chi connectivity index (χ1v) is 9.00. The predicted molar refractivity (Wildman–Crippen MR) is 70.2 cm³/mol. The van der Waals surface area contributed by atoms with E-state index in [0.717, 1.165) is 4.90 Å². The third-order valence-electron chi connectivity index (χ3n) is 1.39. The Balaban J connectivity index is 2.74. The van der Waals surface area contributed by atoms with Crippen molar-refractivity contribution < 1.29 is 13.6 Å². The summed E-state index contributed by atoms with van der Waals surface area (Å²) >= 11 is 2.74. The molecule has 0 aliphatic rings. The number of hydrogen-bond donors (Lipinski definition) is 0. The molecule has 0 aliphatic heterocycles. The highest BCUT2D eigenvalue weighted by atomic mass is 32.7. The molecule has 92 valence electrons. The van der Waals surface area contributed by atoms with Gasteiger partial charge in [-0.25, -0.2) is 4.57 Å². The Bertz CT molecular complexity index is 335. The van der Waals surface area contributed by atoms with Crippen LogP contribution in [0.4, 0.5) is 0 Å². The Hall–Kier alpha value is 0.200. The smallest absolute Gasteiger partial charge is 0.298 e. The monoisotopic (exact) mass is 280 g/mol. The third-order valence-corrected chi connectivity index (χ3v) is 6.09. The summed E-state index contributed by atoms with van der Waals surface area (Å²) in [5.74, 6) is 0. The Morgan fingerprint density at radius 1 is 1.25 bits per heavy atom. The summed E-state index contributed by atoms with van der Waals surface area (Å²) in [6.07, 6.45) is -0.230. The standard InChI is InChI=1S/C10H17O3PS2/c1-8(2)12-14(11,13-9(3)4)16-10-5-6-15-7-10/h5-9H,1-4H3. The van der Waals surface area contributed by atoms with Crippen molar-refractivity contribution in [3.63, 3.8) is 0 Å². The molecule has 1 aromatic heterocycles. The van der Waals surface area contributed by atoms with Crippen LogP contribution in [-0.4, -0.2) is 12.2 Å². The molecule has 0 aromatic carbocycles. The first-order chi connectivity index (χ1) is 7.41. The Morgan fingerprint density at radius 3 is 2.19 bits per heavy atom. The number of rotatable bonds is 6. The van der Waals surface area contributed by atoms with Crippen LogP contribution in [0, 0.1) is 0 Å². The molecule has 0 atom stereocenters. The highest BCUT2D eigenvalue weighted by molar-refractivity contribution is 8.55. The topological polar surface area (TPSA) is 35.5 Å². The van der Waals surface area contributed by atoms with Gasteiger partial charge in [0, 0.05) is 10.3 Å². The van der Waals surface area contributed by atoms with Gasteiger partial charge in [-0.3, -0.25) is 9.05 Å². The average Bonchev–Trinajstić information content (AvgIpc) is 2.51. The molecule has 0 spiro atoms. The molecular weight excluding hydrogens is 263 g/mol. The van der Waals surface area contributed by atoms with Crippen molar-refractivity contribution in [3.05, 3.63) is 16.8 Å². The lowest BCUT2D eigenvalue weighted by atomic mass is 10.5. The van der Waals surface area contributed by atoms with Crippen molar-refractivity contribution in [2.75, 3.05) is 0 Å². The molecule has 0 N–H and O–H groups in total. The summed E-state index contributed by atoms with van der Waals surface area (Å²) in [6, 6.07) is 1.91. The van der Waals surface area contributed by atoms with Crippen LogP contribution in [0.15, 0.2) is 21.7 Å². The van der Waals surface area contributed by atoms with Crippen molar-refractivity contribution in [2.45, 2.75) is 44.8 Å². The van der Waals surface area contributed by atoms with Crippen LogP contribution in [0.5, 0.6) is 0 Å². The second kappa shape index (κ2) is 6.22. The molecule has 0 radical (unpaired) electrons. The summed E-state index contributed by atoms with van der Waals surface area (Å²) in [5, 5.41) is 3.88. The summed E-state index contributed by atoms with van der Waals surface area (Å²) < 4.78 is 23.3. The lowest BCUT2D eigenvalue weighted by Gasteiger charge is -2.21. The molecule has 3 nitrogen and oxygen atoms in total. The maximum absolute atomic E-state index is 12.4. The fourth-order valence-corrected chi connectivity index (χ4v) is 6.15. The SMILES string of the molecule is CC(C)OP(=O)(OC(C)C)Sc1ccsc1. The summed E-state index contributed by atoms with van der Waals surface area (Å²) in [5.41, 5.74) is 0. The van der Waals surface area contributed by atoms with E-state index in [1.165, 1.54) is 11.4 Å². The van der Waals surface area contributed by atoms with Crippen molar-refractivity contribution >= 4 is 29.5 Å². The van der Waals surface area contributed by atoms with Crippen molar-refractivity contribution in [1.29, 1.82) is 0 Å². The second-order valence-corrected chi connectivity index (χ2v) is 8.45. The van der Waals surface area contributed by atoms with E-state index in [9.17, 15) is 4.57 Å². The van der Waals surface area contributed by atoms with Crippen LogP contribution in [0.3, 0.4) is 0 Å². The fraction of sp³-hybridized carbons (Fsp3) is 0.600. The maximum Gasteiger partial charge on any atom is 0.394 e. The molecule has 1 aromatic rings. The lowest BCUT2D eigenvalue weighted by Crippen LogP contribution is -2.05. The zero-order valence-electron chi connectivity index (χ0n) is 9.88. The molecule has 0 bridgehead atoms. The van der Waals surface area contributed by atoms with Crippen LogP contribution < -0.4 is 0 Å². The van der Waals surface area contributed by atoms with Gasteiger partial charge in [-0.15, -0.1) is 0 Å². The van der Waals surface area contributed by atoms with E-state index in [1.54, 1.807) is 11.3 Å². The largest absolute Gasteiger partial charge is 0.394 e. The van der Waals surface area contributed by atoms with Crippen molar-refractivity contribution in [3.8, 4) is 0 Å². The predicted octanol–water partition coefficient (Wildman–Crippen LogP) is 4.80.